The van der Waals surface area contributed by atoms with Gasteiger partial charge in [0.1, 0.15) is 4.90 Å². The Morgan fingerprint density at radius 1 is 1.56 bits per heavy atom. The lowest BCUT2D eigenvalue weighted by Gasteiger charge is -2.09. The molecule has 0 fully saturated rings. The first-order chi connectivity index (χ1) is 8.36. The first-order valence-electron chi connectivity index (χ1n) is 5.31. The molecule has 0 radical (unpaired) electrons. The number of nitrogens with two attached hydrogens (primary N) is 1. The number of nitriles is 1. The topological polar surface area (TPSA) is 96.0 Å². The van der Waals surface area contributed by atoms with E-state index in [2.05, 4.69) is 4.72 Å². The summed E-state index contributed by atoms with van der Waals surface area (Å²) in [7, 11) is -3.66. The molecule has 0 bridgehead atoms. The van der Waals surface area contributed by atoms with Gasteiger partial charge < -0.3 is 5.73 Å². The minimum atomic E-state index is -3.66. The number of hydrogen-bond acceptors (Lipinski definition) is 4. The standard InChI is InChI=1S/C11H14ClN3O2S/c1-8(14)4-5-15-18(16,17)11-3-2-9(7-13)6-10(11)12/h2-3,6,8,15H,4-5,14H2,1H3. The Hall–Kier alpha value is -1.13. The molecule has 7 heteroatoms. The first kappa shape index (κ1) is 14.9. The summed E-state index contributed by atoms with van der Waals surface area (Å²) in [6.07, 6.45) is 0.535. The zero-order valence-electron chi connectivity index (χ0n) is 9.85. The van der Waals surface area contributed by atoms with Crippen LogP contribution in [0.3, 0.4) is 0 Å². The quantitative estimate of drug-likeness (QED) is 0.851. The van der Waals surface area contributed by atoms with Gasteiger partial charge in [-0.1, -0.05) is 11.6 Å². The van der Waals surface area contributed by atoms with Crippen molar-refractivity contribution >= 4 is 21.6 Å². The molecule has 18 heavy (non-hydrogen) atoms. The van der Waals surface area contributed by atoms with Gasteiger partial charge in [-0.05, 0) is 31.5 Å². The number of benzene rings is 1. The molecule has 0 aliphatic heterocycles. The second-order valence-corrected chi connectivity index (χ2v) is 6.06. The van der Waals surface area contributed by atoms with E-state index in [0.717, 1.165) is 0 Å². The van der Waals surface area contributed by atoms with E-state index in [-0.39, 0.29) is 22.5 Å². The van der Waals surface area contributed by atoms with Crippen molar-refractivity contribution in [2.75, 3.05) is 6.54 Å². The van der Waals surface area contributed by atoms with E-state index in [1.165, 1.54) is 18.2 Å². The number of halogens is 1. The van der Waals surface area contributed by atoms with Gasteiger partial charge in [0.25, 0.3) is 0 Å². The molecule has 5 nitrogen and oxygen atoms in total. The van der Waals surface area contributed by atoms with Gasteiger partial charge in [0.15, 0.2) is 0 Å². The fraction of sp³-hybridized carbons (Fsp3) is 0.364. The molecule has 98 valence electrons. The molecule has 0 heterocycles. The third kappa shape index (κ3) is 3.96. The van der Waals surface area contributed by atoms with Gasteiger partial charge in [0.2, 0.25) is 10.0 Å². The molecule has 0 aromatic heterocycles. The van der Waals surface area contributed by atoms with Crippen LogP contribution in [0.5, 0.6) is 0 Å². The van der Waals surface area contributed by atoms with Crippen molar-refractivity contribution < 1.29 is 8.42 Å². The van der Waals surface area contributed by atoms with Gasteiger partial charge in [-0.25, -0.2) is 13.1 Å². The smallest absolute Gasteiger partial charge is 0.242 e. The highest BCUT2D eigenvalue weighted by molar-refractivity contribution is 7.89. The molecule has 1 rings (SSSR count). The molecule has 0 aliphatic rings. The first-order valence-corrected chi connectivity index (χ1v) is 7.18. The van der Waals surface area contributed by atoms with Crippen molar-refractivity contribution in [2.45, 2.75) is 24.3 Å². The summed E-state index contributed by atoms with van der Waals surface area (Å²) in [6, 6.07) is 5.85. The highest BCUT2D eigenvalue weighted by Crippen LogP contribution is 2.22. The fourth-order valence-electron chi connectivity index (χ4n) is 1.29. The van der Waals surface area contributed by atoms with Gasteiger partial charge in [-0.2, -0.15) is 5.26 Å². The maximum absolute atomic E-state index is 11.9. The molecule has 0 saturated heterocycles. The third-order valence-electron chi connectivity index (χ3n) is 2.24. The van der Waals surface area contributed by atoms with Crippen LogP contribution in [-0.2, 0) is 10.0 Å². The zero-order valence-corrected chi connectivity index (χ0v) is 11.4. The van der Waals surface area contributed by atoms with Gasteiger partial charge in [0.05, 0.1) is 16.7 Å². The lowest BCUT2D eigenvalue weighted by Crippen LogP contribution is -2.29. The number of nitrogens with one attached hydrogen (secondary N) is 1. The van der Waals surface area contributed by atoms with E-state index in [1.54, 1.807) is 6.92 Å². The summed E-state index contributed by atoms with van der Waals surface area (Å²) in [6.45, 7) is 2.04. The Bertz CT molecular complexity index is 564. The molecule has 1 aromatic carbocycles. The molecular weight excluding hydrogens is 274 g/mol. The number of sulfonamides is 1. The van der Waals surface area contributed by atoms with Gasteiger partial charge in [-0.15, -0.1) is 0 Å². The van der Waals surface area contributed by atoms with Crippen LogP contribution in [0.4, 0.5) is 0 Å². The lowest BCUT2D eigenvalue weighted by atomic mass is 10.2. The van der Waals surface area contributed by atoms with Crippen LogP contribution in [-0.4, -0.2) is 21.0 Å². The predicted octanol–water partition coefficient (Wildman–Crippen LogP) is 1.23. The largest absolute Gasteiger partial charge is 0.328 e. The van der Waals surface area contributed by atoms with Crippen molar-refractivity contribution in [2.24, 2.45) is 5.73 Å². The summed E-state index contributed by atoms with van der Waals surface area (Å²) in [4.78, 5) is -0.0344. The molecule has 0 spiro atoms. The van der Waals surface area contributed by atoms with E-state index < -0.39 is 10.0 Å². The summed E-state index contributed by atoms with van der Waals surface area (Å²) >= 11 is 5.84. The molecule has 1 atom stereocenters. The van der Waals surface area contributed by atoms with E-state index >= 15 is 0 Å². The van der Waals surface area contributed by atoms with Gasteiger partial charge >= 0.3 is 0 Å². The minimum absolute atomic E-state index is 0.0300. The highest BCUT2D eigenvalue weighted by atomic mass is 35.5. The Morgan fingerprint density at radius 2 is 2.22 bits per heavy atom. The monoisotopic (exact) mass is 287 g/mol. The Morgan fingerprint density at radius 3 is 2.72 bits per heavy atom. The maximum Gasteiger partial charge on any atom is 0.242 e. The number of nitrogens with zero attached hydrogens (tertiary/aromatic N) is 1. The van der Waals surface area contributed by atoms with Gasteiger partial charge in [0, 0.05) is 12.6 Å². The van der Waals surface area contributed by atoms with Crippen LogP contribution in [0, 0.1) is 11.3 Å². The molecule has 0 aliphatic carbocycles. The van der Waals surface area contributed by atoms with E-state index in [1.807, 2.05) is 6.07 Å². The van der Waals surface area contributed by atoms with E-state index in [4.69, 9.17) is 22.6 Å². The van der Waals surface area contributed by atoms with Crippen molar-refractivity contribution in [1.29, 1.82) is 5.26 Å². The highest BCUT2D eigenvalue weighted by Gasteiger charge is 2.17. The molecule has 3 N–H and O–H groups in total. The van der Waals surface area contributed by atoms with Crippen LogP contribution in [0.1, 0.15) is 18.9 Å². The summed E-state index contributed by atoms with van der Waals surface area (Å²) < 4.78 is 26.2. The fourth-order valence-corrected chi connectivity index (χ4v) is 2.88. The van der Waals surface area contributed by atoms with Crippen LogP contribution in [0.25, 0.3) is 0 Å². The second-order valence-electron chi connectivity index (χ2n) is 3.92. The average Bonchev–Trinajstić information content (AvgIpc) is 2.27. The Kier molecular flexibility index (Phi) is 5.11. The summed E-state index contributed by atoms with van der Waals surface area (Å²) in [5.74, 6) is 0. The van der Waals surface area contributed by atoms with Crippen LogP contribution in [0.2, 0.25) is 5.02 Å². The average molecular weight is 288 g/mol. The summed E-state index contributed by atoms with van der Waals surface area (Å²) in [5.41, 5.74) is 5.85. The van der Waals surface area contributed by atoms with Crippen molar-refractivity contribution in [3.05, 3.63) is 28.8 Å². The van der Waals surface area contributed by atoms with Crippen molar-refractivity contribution in [3.8, 4) is 6.07 Å². The molecule has 0 saturated carbocycles. The SMILES string of the molecule is CC(N)CCNS(=O)(=O)c1ccc(C#N)cc1Cl. The Balaban J connectivity index is 2.89. The molecule has 0 amide bonds. The molecular formula is C11H14ClN3O2S. The van der Waals surface area contributed by atoms with Gasteiger partial charge in [-0.3, -0.25) is 0 Å². The normalized spacial score (nSPS) is 13.0. The molecule has 1 unspecified atom stereocenters. The van der Waals surface area contributed by atoms with Crippen LogP contribution >= 0.6 is 11.6 Å². The third-order valence-corrected chi connectivity index (χ3v) is 4.19. The summed E-state index contributed by atoms with van der Waals surface area (Å²) in [5, 5.41) is 8.70. The molecule has 1 aromatic rings. The predicted molar refractivity (Wildman–Crippen MR) is 69.6 cm³/mol. The van der Waals surface area contributed by atoms with Crippen molar-refractivity contribution in [1.82, 2.24) is 4.72 Å². The van der Waals surface area contributed by atoms with E-state index in [0.29, 0.717) is 12.0 Å². The second kappa shape index (κ2) is 6.16. The lowest BCUT2D eigenvalue weighted by molar-refractivity contribution is 0.572. The number of rotatable bonds is 5. The minimum Gasteiger partial charge on any atom is -0.328 e. The Labute approximate surface area is 112 Å². The maximum atomic E-state index is 11.9. The van der Waals surface area contributed by atoms with Crippen LogP contribution < -0.4 is 10.5 Å². The van der Waals surface area contributed by atoms with Crippen LogP contribution in [0.15, 0.2) is 23.1 Å². The number of hydrogen-bond donors (Lipinski definition) is 2. The zero-order chi connectivity index (χ0) is 13.8. The van der Waals surface area contributed by atoms with Crippen molar-refractivity contribution in [3.63, 3.8) is 0 Å². The van der Waals surface area contributed by atoms with E-state index in [9.17, 15) is 8.42 Å².